The molecule has 0 radical (unpaired) electrons. The van der Waals surface area contributed by atoms with Gasteiger partial charge in [0.25, 0.3) is 0 Å². The molecule has 1 rings (SSSR count). The molecular formula is C17H35N3O. The van der Waals surface area contributed by atoms with Crippen LogP contribution in [0.5, 0.6) is 0 Å². The van der Waals surface area contributed by atoms with Gasteiger partial charge in [0, 0.05) is 18.0 Å². The summed E-state index contributed by atoms with van der Waals surface area (Å²) in [6.07, 6.45) is 5.12. The first kappa shape index (κ1) is 18.4. The van der Waals surface area contributed by atoms with Crippen LogP contribution >= 0.6 is 0 Å². The lowest BCUT2D eigenvalue weighted by Gasteiger charge is -2.32. The zero-order valence-electron chi connectivity index (χ0n) is 14.4. The molecule has 1 aliphatic rings. The first-order valence-corrected chi connectivity index (χ1v) is 8.76. The Kier molecular flexibility index (Phi) is 8.27. The third-order valence-electron chi connectivity index (χ3n) is 4.94. The van der Waals surface area contributed by atoms with Crippen LogP contribution in [0.25, 0.3) is 0 Å². The summed E-state index contributed by atoms with van der Waals surface area (Å²) in [5, 5.41) is 3.21. The van der Waals surface area contributed by atoms with E-state index >= 15 is 0 Å². The fourth-order valence-electron chi connectivity index (χ4n) is 3.41. The molecule has 3 N–H and O–H groups in total. The lowest BCUT2D eigenvalue weighted by Crippen LogP contribution is -2.43. The molecule has 0 aromatic rings. The minimum absolute atomic E-state index is 0.162. The molecule has 0 aromatic carbocycles. The Morgan fingerprint density at radius 1 is 1.33 bits per heavy atom. The quantitative estimate of drug-likeness (QED) is 0.723. The fraction of sp³-hybridized carbons (Fsp3) is 0.941. The second-order valence-electron chi connectivity index (χ2n) is 6.74. The summed E-state index contributed by atoms with van der Waals surface area (Å²) >= 11 is 0. The summed E-state index contributed by atoms with van der Waals surface area (Å²) in [4.78, 5) is 14.8. The van der Waals surface area contributed by atoms with Gasteiger partial charge >= 0.3 is 0 Å². The Morgan fingerprint density at radius 3 is 2.57 bits per heavy atom. The summed E-state index contributed by atoms with van der Waals surface area (Å²) in [5.74, 6) is 0.816. The van der Waals surface area contributed by atoms with Gasteiger partial charge in [-0.2, -0.15) is 0 Å². The van der Waals surface area contributed by atoms with E-state index in [1.807, 2.05) is 0 Å². The van der Waals surface area contributed by atoms with Crippen LogP contribution in [0.2, 0.25) is 0 Å². The largest absolute Gasteiger partial charge is 0.353 e. The number of amides is 1. The number of nitrogens with zero attached hydrogens (tertiary/aromatic N) is 1. The monoisotopic (exact) mass is 297 g/mol. The van der Waals surface area contributed by atoms with Crippen molar-refractivity contribution >= 4 is 5.91 Å². The van der Waals surface area contributed by atoms with Crippen molar-refractivity contribution in [1.82, 2.24) is 10.2 Å². The zero-order chi connectivity index (χ0) is 15.8. The highest BCUT2D eigenvalue weighted by Gasteiger charge is 2.31. The zero-order valence-corrected chi connectivity index (χ0v) is 14.4. The molecule has 0 spiro atoms. The van der Waals surface area contributed by atoms with Gasteiger partial charge < -0.3 is 16.0 Å². The number of nitrogens with one attached hydrogen (secondary N) is 1. The SMILES string of the molecule is CCN(CC)CCCC(C)NC(=O)C1CCC(N)CC1C. The highest BCUT2D eigenvalue weighted by atomic mass is 16.1. The second-order valence-corrected chi connectivity index (χ2v) is 6.74. The van der Waals surface area contributed by atoms with Crippen molar-refractivity contribution in [3.63, 3.8) is 0 Å². The molecule has 124 valence electrons. The number of nitrogens with two attached hydrogens (primary N) is 1. The minimum atomic E-state index is 0.162. The van der Waals surface area contributed by atoms with Crippen LogP contribution in [-0.2, 0) is 4.79 Å². The van der Waals surface area contributed by atoms with Gasteiger partial charge in [-0.25, -0.2) is 0 Å². The predicted octanol–water partition coefficient (Wildman–Crippen LogP) is 2.38. The van der Waals surface area contributed by atoms with E-state index in [9.17, 15) is 4.79 Å². The summed E-state index contributed by atoms with van der Waals surface area (Å²) in [6.45, 7) is 12.0. The van der Waals surface area contributed by atoms with E-state index in [-0.39, 0.29) is 23.9 Å². The van der Waals surface area contributed by atoms with Crippen LogP contribution in [0.15, 0.2) is 0 Å². The van der Waals surface area contributed by atoms with E-state index in [0.717, 1.165) is 51.7 Å². The molecule has 21 heavy (non-hydrogen) atoms. The van der Waals surface area contributed by atoms with Crippen LogP contribution in [-0.4, -0.2) is 42.5 Å². The van der Waals surface area contributed by atoms with E-state index in [1.165, 1.54) is 0 Å². The number of hydrogen-bond acceptors (Lipinski definition) is 3. The van der Waals surface area contributed by atoms with Crippen molar-refractivity contribution in [3.05, 3.63) is 0 Å². The van der Waals surface area contributed by atoms with Gasteiger partial charge in [-0.3, -0.25) is 4.79 Å². The van der Waals surface area contributed by atoms with Crippen LogP contribution < -0.4 is 11.1 Å². The van der Waals surface area contributed by atoms with Gasteiger partial charge in [-0.05, 0) is 64.6 Å². The molecule has 4 heteroatoms. The van der Waals surface area contributed by atoms with Gasteiger partial charge in [0.05, 0.1) is 0 Å². The van der Waals surface area contributed by atoms with Crippen molar-refractivity contribution in [2.24, 2.45) is 17.6 Å². The molecule has 1 saturated carbocycles. The van der Waals surface area contributed by atoms with Crippen LogP contribution in [0.3, 0.4) is 0 Å². The molecule has 0 aromatic heterocycles. The number of carbonyl (C=O) groups excluding carboxylic acids is 1. The molecule has 4 atom stereocenters. The highest BCUT2D eigenvalue weighted by molar-refractivity contribution is 5.79. The summed E-state index contributed by atoms with van der Waals surface area (Å²) in [6, 6.07) is 0.561. The van der Waals surface area contributed by atoms with E-state index in [2.05, 4.69) is 37.9 Å². The van der Waals surface area contributed by atoms with Gasteiger partial charge in [0.2, 0.25) is 5.91 Å². The maximum atomic E-state index is 12.4. The maximum absolute atomic E-state index is 12.4. The number of hydrogen-bond donors (Lipinski definition) is 2. The van der Waals surface area contributed by atoms with E-state index < -0.39 is 0 Å². The Bertz CT molecular complexity index is 304. The second kappa shape index (κ2) is 9.42. The van der Waals surface area contributed by atoms with Crippen LogP contribution in [0, 0.1) is 11.8 Å². The number of carbonyl (C=O) groups is 1. The van der Waals surface area contributed by atoms with Gasteiger partial charge in [0.1, 0.15) is 0 Å². The Morgan fingerprint density at radius 2 is 2.00 bits per heavy atom. The van der Waals surface area contributed by atoms with E-state index in [1.54, 1.807) is 0 Å². The molecule has 0 aliphatic heterocycles. The molecule has 0 saturated heterocycles. The van der Waals surface area contributed by atoms with Crippen molar-refractivity contribution in [3.8, 4) is 0 Å². The van der Waals surface area contributed by atoms with Gasteiger partial charge in [0.15, 0.2) is 0 Å². The molecule has 4 unspecified atom stereocenters. The summed E-state index contributed by atoms with van der Waals surface area (Å²) < 4.78 is 0. The topological polar surface area (TPSA) is 58.4 Å². The van der Waals surface area contributed by atoms with Gasteiger partial charge in [-0.15, -0.1) is 0 Å². The van der Waals surface area contributed by atoms with Crippen molar-refractivity contribution in [2.45, 2.75) is 71.9 Å². The third-order valence-corrected chi connectivity index (χ3v) is 4.94. The lowest BCUT2D eigenvalue weighted by molar-refractivity contribution is -0.128. The predicted molar refractivity (Wildman–Crippen MR) is 89.1 cm³/mol. The smallest absolute Gasteiger partial charge is 0.223 e. The Balaban J connectivity index is 2.27. The van der Waals surface area contributed by atoms with Gasteiger partial charge in [-0.1, -0.05) is 20.8 Å². The minimum Gasteiger partial charge on any atom is -0.353 e. The third kappa shape index (κ3) is 6.35. The van der Waals surface area contributed by atoms with Crippen molar-refractivity contribution in [1.29, 1.82) is 0 Å². The Labute approximate surface area is 130 Å². The summed E-state index contributed by atoms with van der Waals surface area (Å²) in [7, 11) is 0. The first-order chi connectivity index (χ1) is 9.97. The average molecular weight is 297 g/mol. The molecule has 1 aliphatic carbocycles. The van der Waals surface area contributed by atoms with E-state index in [0.29, 0.717) is 5.92 Å². The van der Waals surface area contributed by atoms with Crippen molar-refractivity contribution in [2.75, 3.05) is 19.6 Å². The lowest BCUT2D eigenvalue weighted by atomic mass is 9.77. The first-order valence-electron chi connectivity index (χ1n) is 8.76. The molecule has 0 heterocycles. The number of rotatable bonds is 8. The molecule has 1 amide bonds. The standard InChI is InChI=1S/C17H35N3O/c1-5-20(6-2)11-7-8-14(4)19-17(21)16-10-9-15(18)12-13(16)3/h13-16H,5-12,18H2,1-4H3,(H,19,21). The van der Waals surface area contributed by atoms with E-state index in [4.69, 9.17) is 5.73 Å². The molecule has 1 fully saturated rings. The normalized spacial score (nSPS) is 27.6. The van der Waals surface area contributed by atoms with Crippen LogP contribution in [0.4, 0.5) is 0 Å². The molecule has 4 nitrogen and oxygen atoms in total. The van der Waals surface area contributed by atoms with Crippen LogP contribution in [0.1, 0.15) is 59.8 Å². The molecular weight excluding hydrogens is 262 g/mol. The highest BCUT2D eigenvalue weighted by Crippen LogP contribution is 2.29. The molecule has 0 bridgehead atoms. The maximum Gasteiger partial charge on any atom is 0.223 e. The Hall–Kier alpha value is -0.610. The summed E-state index contributed by atoms with van der Waals surface area (Å²) in [5.41, 5.74) is 5.97. The van der Waals surface area contributed by atoms with Crippen molar-refractivity contribution < 1.29 is 4.79 Å². The average Bonchev–Trinajstić information content (AvgIpc) is 2.43. The fourth-order valence-corrected chi connectivity index (χ4v) is 3.41.